The van der Waals surface area contributed by atoms with Gasteiger partial charge in [-0.1, -0.05) is 18.2 Å². The summed E-state index contributed by atoms with van der Waals surface area (Å²) < 4.78 is 70.2. The van der Waals surface area contributed by atoms with Crippen LogP contribution in [-0.2, 0) is 22.8 Å². The maximum Gasteiger partial charge on any atom is 0.435 e. The monoisotopic (exact) mass is 477 g/mol. The summed E-state index contributed by atoms with van der Waals surface area (Å²) in [7, 11) is -2.60. The van der Waals surface area contributed by atoms with E-state index in [4.69, 9.17) is 9.88 Å². The highest BCUT2D eigenvalue weighted by Gasteiger charge is 2.35. The summed E-state index contributed by atoms with van der Waals surface area (Å²) >= 11 is 0. The molecule has 0 saturated carbocycles. The quantitative estimate of drug-likeness (QED) is 0.454. The summed E-state index contributed by atoms with van der Waals surface area (Å²) in [5.74, 6) is 0.645. The topological polar surface area (TPSA) is 107 Å². The number of sulfonamides is 1. The molecule has 0 aliphatic heterocycles. The predicted octanol–water partition coefficient (Wildman–Crippen LogP) is 3.86. The third kappa shape index (κ3) is 4.42. The molecule has 0 aliphatic carbocycles. The number of hydrogen-bond donors (Lipinski definition) is 2. The van der Waals surface area contributed by atoms with Gasteiger partial charge in [0, 0.05) is 5.56 Å². The number of aromatic nitrogens is 2. The molecule has 3 aromatic carbocycles. The van der Waals surface area contributed by atoms with E-state index < -0.39 is 28.5 Å². The van der Waals surface area contributed by atoms with E-state index in [2.05, 4.69) is 5.10 Å². The van der Waals surface area contributed by atoms with Crippen molar-refractivity contribution in [2.24, 2.45) is 5.14 Å². The van der Waals surface area contributed by atoms with Gasteiger partial charge in [0.05, 0.1) is 30.0 Å². The van der Waals surface area contributed by atoms with Crippen LogP contribution in [0.2, 0.25) is 0 Å². The maximum atomic E-state index is 13.5. The van der Waals surface area contributed by atoms with E-state index >= 15 is 0 Å². The molecule has 7 nitrogen and oxygen atoms in total. The van der Waals surface area contributed by atoms with E-state index in [9.17, 15) is 26.7 Å². The van der Waals surface area contributed by atoms with Crippen molar-refractivity contribution in [3.8, 4) is 22.7 Å². The largest absolute Gasteiger partial charge is 0.497 e. The Balaban J connectivity index is 1.92. The number of nitrogens with two attached hydrogens (primary N) is 1. The molecule has 0 aliphatic rings. The Morgan fingerprint density at radius 3 is 2.36 bits per heavy atom. The molecule has 0 unspecified atom stereocenters. The van der Waals surface area contributed by atoms with Crippen molar-refractivity contribution in [1.82, 2.24) is 9.78 Å². The van der Waals surface area contributed by atoms with Crippen LogP contribution in [0.1, 0.15) is 11.3 Å². The molecular formula is C22H18F3N3O4S. The summed E-state index contributed by atoms with van der Waals surface area (Å²) in [5, 5.41) is 20.1. The SMILES string of the molecule is COc1ccc2cc(-c3cc(C(F)(F)F)nn3-c3ccc(S(N)(=O)=O)c(CO)c3)ccc2c1. The molecule has 33 heavy (non-hydrogen) atoms. The van der Waals surface area contributed by atoms with Crippen molar-refractivity contribution in [2.75, 3.05) is 7.11 Å². The Morgan fingerprint density at radius 2 is 1.73 bits per heavy atom. The van der Waals surface area contributed by atoms with E-state index in [0.29, 0.717) is 11.3 Å². The van der Waals surface area contributed by atoms with Crippen LogP contribution in [0.5, 0.6) is 5.75 Å². The second-order valence-electron chi connectivity index (χ2n) is 7.25. The van der Waals surface area contributed by atoms with Gasteiger partial charge in [0.2, 0.25) is 10.0 Å². The van der Waals surface area contributed by atoms with Gasteiger partial charge >= 0.3 is 6.18 Å². The number of aliphatic hydroxyl groups is 1. The lowest BCUT2D eigenvalue weighted by Gasteiger charge is -2.12. The maximum absolute atomic E-state index is 13.5. The van der Waals surface area contributed by atoms with Crippen LogP contribution < -0.4 is 9.88 Å². The van der Waals surface area contributed by atoms with Crippen molar-refractivity contribution in [3.63, 3.8) is 0 Å². The second kappa shape index (κ2) is 8.18. The summed E-state index contributed by atoms with van der Waals surface area (Å²) in [4.78, 5) is -0.321. The first-order chi connectivity index (χ1) is 15.5. The Bertz CT molecular complexity index is 1460. The summed E-state index contributed by atoms with van der Waals surface area (Å²) in [5.41, 5.74) is -0.459. The molecule has 1 heterocycles. The standard InChI is InChI=1S/C22H18F3N3O4S/c1-32-18-6-4-13-8-15(3-2-14(13)10-18)19-11-21(22(23,24)25)27-28(19)17-5-7-20(33(26,30)31)16(9-17)12-29/h2-11,29H,12H2,1H3,(H2,26,30,31). The lowest BCUT2D eigenvalue weighted by atomic mass is 10.0. The van der Waals surface area contributed by atoms with Gasteiger partial charge in [-0.25, -0.2) is 18.2 Å². The van der Waals surface area contributed by atoms with Gasteiger partial charge in [0.1, 0.15) is 5.75 Å². The van der Waals surface area contributed by atoms with Crippen LogP contribution >= 0.6 is 0 Å². The third-order valence-corrected chi connectivity index (χ3v) is 6.12. The zero-order valence-corrected chi connectivity index (χ0v) is 18.0. The molecule has 4 aromatic rings. The lowest BCUT2D eigenvalue weighted by molar-refractivity contribution is -0.141. The lowest BCUT2D eigenvalue weighted by Crippen LogP contribution is -2.15. The van der Waals surface area contributed by atoms with Gasteiger partial charge in [-0.05, 0) is 58.8 Å². The van der Waals surface area contributed by atoms with Gasteiger partial charge in [-0.2, -0.15) is 18.3 Å². The zero-order chi connectivity index (χ0) is 24.0. The van der Waals surface area contributed by atoms with Crippen LogP contribution in [0.25, 0.3) is 27.7 Å². The first kappa shape index (κ1) is 22.8. The number of fused-ring (bicyclic) bond motifs is 1. The number of rotatable bonds is 5. The van der Waals surface area contributed by atoms with Gasteiger partial charge < -0.3 is 9.84 Å². The molecule has 172 valence electrons. The number of aliphatic hydroxyl groups excluding tert-OH is 1. The number of primary sulfonamides is 1. The molecule has 0 fully saturated rings. The first-order valence-electron chi connectivity index (χ1n) is 9.53. The molecule has 0 amide bonds. The third-order valence-electron chi connectivity index (χ3n) is 5.11. The van der Waals surface area contributed by atoms with Crippen LogP contribution in [0.4, 0.5) is 13.2 Å². The average molecular weight is 477 g/mol. The van der Waals surface area contributed by atoms with Gasteiger partial charge in [0.15, 0.2) is 5.69 Å². The van der Waals surface area contributed by atoms with Crippen LogP contribution in [0, 0.1) is 0 Å². The molecular weight excluding hydrogens is 459 g/mol. The van der Waals surface area contributed by atoms with Crippen molar-refractivity contribution in [2.45, 2.75) is 17.7 Å². The number of alkyl halides is 3. The van der Waals surface area contributed by atoms with Crippen molar-refractivity contribution >= 4 is 20.8 Å². The van der Waals surface area contributed by atoms with E-state index in [0.717, 1.165) is 27.6 Å². The molecule has 11 heteroatoms. The molecule has 0 atom stereocenters. The van der Waals surface area contributed by atoms with Gasteiger partial charge in [0.25, 0.3) is 0 Å². The fraction of sp³-hybridized carbons (Fsp3) is 0.136. The van der Waals surface area contributed by atoms with E-state index in [1.165, 1.54) is 19.2 Å². The highest BCUT2D eigenvalue weighted by Crippen LogP contribution is 2.35. The number of methoxy groups -OCH3 is 1. The fourth-order valence-electron chi connectivity index (χ4n) is 3.53. The van der Waals surface area contributed by atoms with Gasteiger partial charge in [-0.15, -0.1) is 0 Å². The molecule has 0 spiro atoms. The summed E-state index contributed by atoms with van der Waals surface area (Å²) in [6.07, 6.45) is -4.70. The smallest absolute Gasteiger partial charge is 0.435 e. The molecule has 0 radical (unpaired) electrons. The zero-order valence-electron chi connectivity index (χ0n) is 17.2. The Morgan fingerprint density at radius 1 is 1.03 bits per heavy atom. The van der Waals surface area contributed by atoms with E-state index in [1.54, 1.807) is 36.4 Å². The highest BCUT2D eigenvalue weighted by molar-refractivity contribution is 7.89. The number of hydrogen-bond acceptors (Lipinski definition) is 5. The average Bonchev–Trinajstić information content (AvgIpc) is 3.23. The Kier molecular flexibility index (Phi) is 5.64. The second-order valence-corrected chi connectivity index (χ2v) is 8.78. The van der Waals surface area contributed by atoms with Crippen molar-refractivity contribution in [3.05, 3.63) is 71.9 Å². The molecule has 1 aromatic heterocycles. The first-order valence-corrected chi connectivity index (χ1v) is 11.1. The highest BCUT2D eigenvalue weighted by atomic mass is 32.2. The van der Waals surface area contributed by atoms with Crippen LogP contribution in [-0.4, -0.2) is 30.4 Å². The molecule has 3 N–H and O–H groups in total. The van der Waals surface area contributed by atoms with Crippen molar-refractivity contribution < 1.29 is 31.4 Å². The Labute approximate surface area is 186 Å². The normalized spacial score (nSPS) is 12.3. The van der Waals surface area contributed by atoms with Crippen LogP contribution in [0.15, 0.2) is 65.6 Å². The van der Waals surface area contributed by atoms with Gasteiger partial charge in [-0.3, -0.25) is 0 Å². The van der Waals surface area contributed by atoms with E-state index in [-0.39, 0.29) is 21.8 Å². The number of benzene rings is 3. The number of nitrogens with zero attached hydrogens (tertiary/aromatic N) is 2. The van der Waals surface area contributed by atoms with E-state index in [1.807, 2.05) is 0 Å². The number of halogens is 3. The predicted molar refractivity (Wildman–Crippen MR) is 115 cm³/mol. The Hall–Kier alpha value is -3.41. The van der Waals surface area contributed by atoms with Crippen LogP contribution in [0.3, 0.4) is 0 Å². The fourth-order valence-corrected chi connectivity index (χ4v) is 4.28. The molecule has 0 saturated heterocycles. The summed E-state index contributed by atoms with van der Waals surface area (Å²) in [6, 6.07) is 15.0. The molecule has 4 rings (SSSR count). The minimum atomic E-state index is -4.70. The minimum Gasteiger partial charge on any atom is -0.497 e. The molecule has 0 bridgehead atoms. The minimum absolute atomic E-state index is 0.0596. The van der Waals surface area contributed by atoms with Crippen molar-refractivity contribution in [1.29, 1.82) is 0 Å². The number of ether oxygens (including phenoxy) is 1. The summed E-state index contributed by atoms with van der Waals surface area (Å²) in [6.45, 7) is -0.680.